The number of pyridine rings is 1. The van der Waals surface area contributed by atoms with Crippen LogP contribution >= 0.6 is 0 Å². The van der Waals surface area contributed by atoms with Crippen molar-refractivity contribution < 1.29 is 9.50 Å². The summed E-state index contributed by atoms with van der Waals surface area (Å²) >= 11 is 0. The standard InChI is InChI=1S/C18H16FN5O2/c1-11-20-18-21-14-7-9-23(8-2-10-25)17(26)15(14)16(24(18)22-11)12-3-5-13(19)6-4-12/h3-7,9,25H,2,8,10H2,1H3. The van der Waals surface area contributed by atoms with Crippen LogP contribution in [0.1, 0.15) is 12.2 Å². The highest BCUT2D eigenvalue weighted by molar-refractivity contribution is 5.93. The van der Waals surface area contributed by atoms with Crippen LogP contribution in [0.4, 0.5) is 4.39 Å². The Balaban J connectivity index is 2.11. The average molecular weight is 353 g/mol. The molecule has 0 saturated heterocycles. The van der Waals surface area contributed by atoms with Gasteiger partial charge < -0.3 is 9.67 Å². The normalized spacial score (nSPS) is 11.5. The SMILES string of the molecule is Cc1nc2nc3ccn(CCCO)c(=O)c3c(-c3ccc(F)cc3)n2n1. The summed E-state index contributed by atoms with van der Waals surface area (Å²) in [6, 6.07) is 7.62. The zero-order chi connectivity index (χ0) is 18.3. The molecule has 0 fully saturated rings. The van der Waals surface area contributed by atoms with Gasteiger partial charge in [-0.15, -0.1) is 5.10 Å². The minimum atomic E-state index is -0.363. The topological polar surface area (TPSA) is 85.3 Å². The van der Waals surface area contributed by atoms with Gasteiger partial charge in [-0.25, -0.2) is 9.37 Å². The Bertz CT molecular complexity index is 1160. The lowest BCUT2D eigenvalue weighted by atomic mass is 10.1. The molecule has 0 atom stereocenters. The highest BCUT2D eigenvalue weighted by atomic mass is 19.1. The quantitative estimate of drug-likeness (QED) is 0.606. The van der Waals surface area contributed by atoms with Gasteiger partial charge in [-0.3, -0.25) is 4.79 Å². The van der Waals surface area contributed by atoms with E-state index in [2.05, 4.69) is 15.1 Å². The van der Waals surface area contributed by atoms with E-state index in [9.17, 15) is 9.18 Å². The van der Waals surface area contributed by atoms with Crippen molar-refractivity contribution in [1.29, 1.82) is 0 Å². The van der Waals surface area contributed by atoms with Gasteiger partial charge in [0.2, 0.25) is 0 Å². The highest BCUT2D eigenvalue weighted by Crippen LogP contribution is 2.26. The third-order valence-corrected chi connectivity index (χ3v) is 4.18. The van der Waals surface area contributed by atoms with Crippen LogP contribution in [0.15, 0.2) is 41.3 Å². The monoisotopic (exact) mass is 353 g/mol. The van der Waals surface area contributed by atoms with Gasteiger partial charge in [-0.2, -0.15) is 9.50 Å². The average Bonchev–Trinajstić information content (AvgIpc) is 3.00. The number of rotatable bonds is 4. The maximum atomic E-state index is 13.4. The van der Waals surface area contributed by atoms with E-state index in [-0.39, 0.29) is 18.0 Å². The van der Waals surface area contributed by atoms with Crippen molar-refractivity contribution in [2.24, 2.45) is 0 Å². The van der Waals surface area contributed by atoms with Gasteiger partial charge in [0.15, 0.2) is 0 Å². The number of aliphatic hydroxyl groups excluding tert-OH is 1. The van der Waals surface area contributed by atoms with Crippen LogP contribution in [-0.2, 0) is 6.54 Å². The molecular formula is C18H16FN5O2. The third-order valence-electron chi connectivity index (χ3n) is 4.18. The van der Waals surface area contributed by atoms with Gasteiger partial charge in [-0.1, -0.05) is 0 Å². The predicted molar refractivity (Wildman–Crippen MR) is 94.4 cm³/mol. The summed E-state index contributed by atoms with van der Waals surface area (Å²) in [6.45, 7) is 2.13. The summed E-state index contributed by atoms with van der Waals surface area (Å²) in [5.74, 6) is 0.539. The Morgan fingerprint density at radius 3 is 2.65 bits per heavy atom. The summed E-state index contributed by atoms with van der Waals surface area (Å²) in [7, 11) is 0. The number of benzene rings is 1. The van der Waals surface area contributed by atoms with Crippen LogP contribution in [0.5, 0.6) is 0 Å². The molecular weight excluding hydrogens is 337 g/mol. The van der Waals surface area contributed by atoms with Crippen LogP contribution in [-0.4, -0.2) is 35.9 Å². The summed E-state index contributed by atoms with van der Waals surface area (Å²) in [5, 5.41) is 13.8. The first-order valence-electron chi connectivity index (χ1n) is 8.22. The number of hydrogen-bond acceptors (Lipinski definition) is 5. The fraction of sp³-hybridized carbons (Fsp3) is 0.222. The van der Waals surface area contributed by atoms with Gasteiger partial charge in [0.1, 0.15) is 11.6 Å². The largest absolute Gasteiger partial charge is 0.396 e. The number of nitrogens with zero attached hydrogens (tertiary/aromatic N) is 5. The maximum Gasteiger partial charge on any atom is 0.262 e. The number of halogens is 1. The van der Waals surface area contributed by atoms with Crippen molar-refractivity contribution in [3.05, 3.63) is 58.5 Å². The molecule has 4 rings (SSSR count). The number of hydrogen-bond donors (Lipinski definition) is 1. The smallest absolute Gasteiger partial charge is 0.262 e. The van der Waals surface area contributed by atoms with Crippen LogP contribution < -0.4 is 5.56 Å². The van der Waals surface area contributed by atoms with E-state index in [1.807, 2.05) is 0 Å². The Morgan fingerprint density at radius 2 is 1.92 bits per heavy atom. The second kappa shape index (κ2) is 6.30. The first-order chi connectivity index (χ1) is 12.6. The second-order valence-corrected chi connectivity index (χ2v) is 5.99. The molecule has 8 heteroatoms. The third kappa shape index (κ3) is 2.64. The number of fused-ring (bicyclic) bond motifs is 2. The van der Waals surface area contributed by atoms with Crippen LogP contribution in [0, 0.1) is 12.7 Å². The molecule has 1 aromatic carbocycles. The Kier molecular flexibility index (Phi) is 3.96. The Hall–Kier alpha value is -3.13. The molecule has 3 heterocycles. The number of aliphatic hydroxyl groups is 1. The number of aromatic nitrogens is 5. The zero-order valence-electron chi connectivity index (χ0n) is 14.1. The summed E-state index contributed by atoms with van der Waals surface area (Å²) in [5.41, 5.74) is 1.42. The first-order valence-corrected chi connectivity index (χ1v) is 8.22. The van der Waals surface area contributed by atoms with Crippen molar-refractivity contribution in [2.75, 3.05) is 6.61 Å². The van der Waals surface area contributed by atoms with Gasteiger partial charge in [0, 0.05) is 24.9 Å². The molecule has 4 aromatic rings. The fourth-order valence-electron chi connectivity index (χ4n) is 3.01. The van der Waals surface area contributed by atoms with Crippen LogP contribution in [0.3, 0.4) is 0 Å². The molecule has 3 aromatic heterocycles. The molecule has 0 radical (unpaired) electrons. The van der Waals surface area contributed by atoms with Gasteiger partial charge in [0.25, 0.3) is 11.3 Å². The molecule has 0 aliphatic carbocycles. The minimum Gasteiger partial charge on any atom is -0.396 e. The molecule has 0 spiro atoms. The fourth-order valence-corrected chi connectivity index (χ4v) is 3.01. The van der Waals surface area contributed by atoms with Crippen LogP contribution in [0.2, 0.25) is 0 Å². The molecule has 26 heavy (non-hydrogen) atoms. The molecule has 1 N–H and O–H groups in total. The van der Waals surface area contributed by atoms with Crippen molar-refractivity contribution in [3.63, 3.8) is 0 Å². The Morgan fingerprint density at radius 1 is 1.15 bits per heavy atom. The van der Waals surface area contributed by atoms with Crippen molar-refractivity contribution in [1.82, 2.24) is 24.1 Å². The molecule has 0 aliphatic rings. The van der Waals surface area contributed by atoms with Gasteiger partial charge in [0.05, 0.1) is 16.6 Å². The predicted octanol–water partition coefficient (Wildman–Crippen LogP) is 1.94. The van der Waals surface area contributed by atoms with E-state index >= 15 is 0 Å². The minimum absolute atomic E-state index is 0.00511. The lowest BCUT2D eigenvalue weighted by Gasteiger charge is -2.11. The van der Waals surface area contributed by atoms with Crippen molar-refractivity contribution in [2.45, 2.75) is 19.9 Å². The summed E-state index contributed by atoms with van der Waals surface area (Å²) in [4.78, 5) is 21.8. The Labute approximate surface area is 147 Å². The molecule has 132 valence electrons. The van der Waals surface area contributed by atoms with Crippen molar-refractivity contribution in [3.8, 4) is 11.3 Å². The van der Waals surface area contributed by atoms with E-state index in [4.69, 9.17) is 5.11 Å². The first kappa shape index (κ1) is 16.3. The molecule has 7 nitrogen and oxygen atoms in total. The van der Waals surface area contributed by atoms with Crippen LogP contribution in [0.25, 0.3) is 27.9 Å². The molecule has 0 saturated carbocycles. The maximum absolute atomic E-state index is 13.4. The molecule has 0 aliphatic heterocycles. The van der Waals surface area contributed by atoms with Gasteiger partial charge >= 0.3 is 0 Å². The highest BCUT2D eigenvalue weighted by Gasteiger charge is 2.18. The lowest BCUT2D eigenvalue weighted by Crippen LogP contribution is -2.22. The summed E-state index contributed by atoms with van der Waals surface area (Å²) < 4.78 is 16.4. The molecule has 0 bridgehead atoms. The van der Waals surface area contributed by atoms with E-state index in [1.165, 1.54) is 21.2 Å². The molecule has 0 unspecified atom stereocenters. The van der Waals surface area contributed by atoms with Crippen molar-refractivity contribution >= 4 is 16.7 Å². The zero-order valence-corrected chi connectivity index (χ0v) is 14.1. The van der Waals surface area contributed by atoms with E-state index in [1.54, 1.807) is 31.3 Å². The molecule has 0 amide bonds. The lowest BCUT2D eigenvalue weighted by molar-refractivity contribution is 0.279. The van der Waals surface area contributed by atoms with E-state index < -0.39 is 0 Å². The van der Waals surface area contributed by atoms with E-state index in [0.717, 1.165) is 0 Å². The summed E-state index contributed by atoms with van der Waals surface area (Å²) in [6.07, 6.45) is 2.12. The van der Waals surface area contributed by atoms with E-state index in [0.29, 0.717) is 46.7 Å². The van der Waals surface area contributed by atoms with Gasteiger partial charge in [-0.05, 0) is 43.7 Å². The number of aryl methyl sites for hydroxylation is 2. The second-order valence-electron chi connectivity index (χ2n) is 5.99.